The SMILES string of the molecule is CNC(C)c1ccc(OCc2ccno2)cc1F. The van der Waals surface area contributed by atoms with Crippen molar-refractivity contribution in [1.29, 1.82) is 0 Å². The highest BCUT2D eigenvalue weighted by atomic mass is 19.1. The number of rotatable bonds is 5. The van der Waals surface area contributed by atoms with E-state index >= 15 is 0 Å². The number of halogens is 1. The first-order valence-corrected chi connectivity index (χ1v) is 5.69. The predicted molar refractivity (Wildman–Crippen MR) is 64.7 cm³/mol. The van der Waals surface area contributed by atoms with Crippen molar-refractivity contribution in [3.63, 3.8) is 0 Å². The Bertz CT molecular complexity index is 500. The van der Waals surface area contributed by atoms with E-state index in [1.165, 1.54) is 12.3 Å². The molecular formula is C13H15FN2O2. The Morgan fingerprint density at radius 2 is 2.28 bits per heavy atom. The summed E-state index contributed by atoms with van der Waals surface area (Å²) in [5.74, 6) is 0.783. The van der Waals surface area contributed by atoms with Crippen LogP contribution in [-0.2, 0) is 6.61 Å². The maximum atomic E-state index is 13.8. The molecule has 0 spiro atoms. The first-order valence-electron chi connectivity index (χ1n) is 5.69. The van der Waals surface area contributed by atoms with Crippen molar-refractivity contribution in [1.82, 2.24) is 10.5 Å². The molecule has 1 N–H and O–H groups in total. The predicted octanol–water partition coefficient (Wildman–Crippen LogP) is 2.67. The molecule has 4 nitrogen and oxygen atoms in total. The fourth-order valence-electron chi connectivity index (χ4n) is 1.58. The molecule has 0 radical (unpaired) electrons. The molecule has 1 unspecified atom stereocenters. The molecule has 0 bridgehead atoms. The second-order valence-electron chi connectivity index (χ2n) is 3.96. The highest BCUT2D eigenvalue weighted by molar-refractivity contribution is 5.30. The van der Waals surface area contributed by atoms with Crippen molar-refractivity contribution >= 4 is 0 Å². The average molecular weight is 250 g/mol. The van der Waals surface area contributed by atoms with Crippen molar-refractivity contribution < 1.29 is 13.7 Å². The third-order valence-electron chi connectivity index (χ3n) is 2.74. The van der Waals surface area contributed by atoms with Crippen molar-refractivity contribution in [2.45, 2.75) is 19.6 Å². The molecule has 0 aliphatic heterocycles. The summed E-state index contributed by atoms with van der Waals surface area (Å²) in [5, 5.41) is 6.55. The van der Waals surface area contributed by atoms with Crippen molar-refractivity contribution in [2.24, 2.45) is 0 Å². The lowest BCUT2D eigenvalue weighted by Crippen LogP contribution is -2.13. The Morgan fingerprint density at radius 3 is 2.89 bits per heavy atom. The summed E-state index contributed by atoms with van der Waals surface area (Å²) >= 11 is 0. The number of nitrogens with zero attached hydrogens (tertiary/aromatic N) is 1. The van der Waals surface area contributed by atoms with Crippen LogP contribution in [0.5, 0.6) is 5.75 Å². The molecule has 18 heavy (non-hydrogen) atoms. The van der Waals surface area contributed by atoms with Gasteiger partial charge in [-0.25, -0.2) is 4.39 Å². The van der Waals surface area contributed by atoms with Gasteiger partial charge in [-0.3, -0.25) is 0 Å². The van der Waals surface area contributed by atoms with E-state index in [4.69, 9.17) is 9.26 Å². The van der Waals surface area contributed by atoms with Crippen molar-refractivity contribution in [2.75, 3.05) is 7.05 Å². The minimum Gasteiger partial charge on any atom is -0.485 e. The van der Waals surface area contributed by atoms with Crippen LogP contribution in [0.3, 0.4) is 0 Å². The number of aromatic nitrogens is 1. The average Bonchev–Trinajstić information content (AvgIpc) is 2.88. The summed E-state index contributed by atoms with van der Waals surface area (Å²) in [5.41, 5.74) is 0.615. The van der Waals surface area contributed by atoms with Gasteiger partial charge in [0.05, 0.1) is 6.20 Å². The van der Waals surface area contributed by atoms with Gasteiger partial charge < -0.3 is 14.6 Å². The van der Waals surface area contributed by atoms with E-state index < -0.39 is 0 Å². The van der Waals surface area contributed by atoms with Gasteiger partial charge in [-0.15, -0.1) is 0 Å². The Labute approximate surface area is 105 Å². The Balaban J connectivity index is 2.04. The summed E-state index contributed by atoms with van der Waals surface area (Å²) in [6.45, 7) is 2.13. The lowest BCUT2D eigenvalue weighted by atomic mass is 10.1. The van der Waals surface area contributed by atoms with Crippen LogP contribution < -0.4 is 10.1 Å². The van der Waals surface area contributed by atoms with Gasteiger partial charge in [-0.2, -0.15) is 0 Å². The second kappa shape index (κ2) is 5.64. The molecule has 1 heterocycles. The lowest BCUT2D eigenvalue weighted by Gasteiger charge is -2.12. The quantitative estimate of drug-likeness (QED) is 0.886. The third kappa shape index (κ3) is 2.87. The van der Waals surface area contributed by atoms with Crippen LogP contribution in [0.15, 0.2) is 35.0 Å². The van der Waals surface area contributed by atoms with E-state index in [2.05, 4.69) is 10.5 Å². The maximum Gasteiger partial charge on any atom is 0.174 e. The minimum absolute atomic E-state index is 0.0340. The van der Waals surface area contributed by atoms with E-state index in [1.807, 2.05) is 6.92 Å². The number of hydrogen-bond acceptors (Lipinski definition) is 4. The first-order chi connectivity index (χ1) is 8.70. The van der Waals surface area contributed by atoms with Crippen LogP contribution in [-0.4, -0.2) is 12.2 Å². The highest BCUT2D eigenvalue weighted by Crippen LogP contribution is 2.22. The summed E-state index contributed by atoms with van der Waals surface area (Å²) in [7, 11) is 1.79. The minimum atomic E-state index is -0.285. The van der Waals surface area contributed by atoms with Gasteiger partial charge in [0, 0.05) is 23.7 Å². The largest absolute Gasteiger partial charge is 0.485 e. The fourth-order valence-corrected chi connectivity index (χ4v) is 1.58. The van der Waals surface area contributed by atoms with E-state index in [0.29, 0.717) is 17.1 Å². The highest BCUT2D eigenvalue weighted by Gasteiger charge is 2.10. The van der Waals surface area contributed by atoms with Crippen molar-refractivity contribution in [3.05, 3.63) is 47.6 Å². The zero-order chi connectivity index (χ0) is 13.0. The molecule has 0 amide bonds. The molecule has 0 saturated heterocycles. The van der Waals surface area contributed by atoms with Crippen LogP contribution in [0, 0.1) is 5.82 Å². The van der Waals surface area contributed by atoms with Gasteiger partial charge in [0.25, 0.3) is 0 Å². The van der Waals surface area contributed by atoms with Gasteiger partial charge in [-0.05, 0) is 20.0 Å². The van der Waals surface area contributed by atoms with Crippen LogP contribution in [0.25, 0.3) is 0 Å². The number of benzene rings is 1. The summed E-state index contributed by atoms with van der Waals surface area (Å²) in [4.78, 5) is 0. The zero-order valence-corrected chi connectivity index (χ0v) is 10.3. The maximum absolute atomic E-state index is 13.8. The number of ether oxygens (including phenoxy) is 1. The van der Waals surface area contributed by atoms with Crippen LogP contribution in [0.2, 0.25) is 0 Å². The summed E-state index contributed by atoms with van der Waals surface area (Å²) in [6, 6.07) is 6.50. The lowest BCUT2D eigenvalue weighted by molar-refractivity contribution is 0.248. The van der Waals surface area contributed by atoms with E-state index in [0.717, 1.165) is 0 Å². The molecule has 0 aliphatic rings. The molecule has 1 aromatic carbocycles. The zero-order valence-electron chi connectivity index (χ0n) is 10.3. The van der Waals surface area contributed by atoms with Crippen LogP contribution in [0.4, 0.5) is 4.39 Å². The molecule has 0 aliphatic carbocycles. The molecule has 5 heteroatoms. The van der Waals surface area contributed by atoms with Crippen LogP contribution in [0.1, 0.15) is 24.3 Å². The first kappa shape index (κ1) is 12.6. The van der Waals surface area contributed by atoms with Crippen LogP contribution >= 0.6 is 0 Å². The smallest absolute Gasteiger partial charge is 0.174 e. The summed E-state index contributed by atoms with van der Waals surface area (Å²) < 4.78 is 24.1. The third-order valence-corrected chi connectivity index (χ3v) is 2.74. The summed E-state index contributed by atoms with van der Waals surface area (Å²) in [6.07, 6.45) is 1.54. The Morgan fingerprint density at radius 1 is 1.44 bits per heavy atom. The molecule has 2 aromatic rings. The number of nitrogens with one attached hydrogen (secondary N) is 1. The van der Waals surface area contributed by atoms with E-state index in [9.17, 15) is 4.39 Å². The Kier molecular flexibility index (Phi) is 3.94. The fraction of sp³-hybridized carbons (Fsp3) is 0.308. The Hall–Kier alpha value is -1.88. The van der Waals surface area contributed by atoms with Gasteiger partial charge in [0.1, 0.15) is 18.2 Å². The van der Waals surface area contributed by atoms with E-state index in [-0.39, 0.29) is 18.5 Å². The molecular weight excluding hydrogens is 235 g/mol. The number of hydrogen-bond donors (Lipinski definition) is 1. The molecule has 1 atom stereocenters. The van der Waals surface area contributed by atoms with Gasteiger partial charge in [0.2, 0.25) is 0 Å². The normalized spacial score (nSPS) is 12.4. The monoisotopic (exact) mass is 250 g/mol. The molecule has 0 saturated carbocycles. The van der Waals surface area contributed by atoms with Crippen molar-refractivity contribution in [3.8, 4) is 5.75 Å². The topological polar surface area (TPSA) is 47.3 Å². The molecule has 1 aromatic heterocycles. The van der Waals surface area contributed by atoms with Gasteiger partial charge in [0.15, 0.2) is 5.76 Å². The molecule has 2 rings (SSSR count). The second-order valence-corrected chi connectivity index (χ2v) is 3.96. The molecule has 96 valence electrons. The van der Waals surface area contributed by atoms with Gasteiger partial charge >= 0.3 is 0 Å². The van der Waals surface area contributed by atoms with E-state index in [1.54, 1.807) is 25.2 Å². The molecule has 0 fully saturated rings. The van der Waals surface area contributed by atoms with Gasteiger partial charge in [-0.1, -0.05) is 11.2 Å². The standard InChI is InChI=1S/C13H15FN2O2/c1-9(15-2)12-4-3-10(7-13(12)14)17-8-11-5-6-16-18-11/h3-7,9,15H,8H2,1-2H3.